The Balaban J connectivity index is 1.78. The maximum absolute atomic E-state index is 13.5. The van der Waals surface area contributed by atoms with Crippen LogP contribution in [0.25, 0.3) is 5.57 Å². The lowest BCUT2D eigenvalue weighted by Gasteiger charge is -2.21. The van der Waals surface area contributed by atoms with Crippen molar-refractivity contribution in [1.82, 2.24) is 4.90 Å². The van der Waals surface area contributed by atoms with Crippen molar-refractivity contribution in [2.24, 2.45) is 0 Å². The molecule has 0 bridgehead atoms. The van der Waals surface area contributed by atoms with Gasteiger partial charge in [-0.2, -0.15) is 0 Å². The smallest absolute Gasteiger partial charge is 0.282 e. The normalized spacial score (nSPS) is 16.5. The Morgan fingerprint density at radius 1 is 0.871 bits per heavy atom. The van der Waals surface area contributed by atoms with E-state index in [-0.39, 0.29) is 5.91 Å². The number of amides is 2. The van der Waals surface area contributed by atoms with Crippen LogP contribution in [0, 0.1) is 5.82 Å². The van der Waals surface area contributed by atoms with Gasteiger partial charge in [0.2, 0.25) is 0 Å². The average molecular weight is 424 g/mol. The van der Waals surface area contributed by atoms with E-state index in [0.29, 0.717) is 60.3 Å². The number of halogens is 1. The van der Waals surface area contributed by atoms with Crippen molar-refractivity contribution in [3.05, 3.63) is 59.5 Å². The monoisotopic (exact) mass is 424 g/mol. The minimum Gasteiger partial charge on any atom is -0.490 e. The number of imide groups is 1. The molecular weight excluding hydrogens is 399 g/mol. The number of hydrogen-bond acceptors (Lipinski definition) is 5. The van der Waals surface area contributed by atoms with Crippen LogP contribution >= 0.6 is 0 Å². The molecule has 0 radical (unpaired) electrons. The lowest BCUT2D eigenvalue weighted by atomic mass is 10.0. The third kappa shape index (κ3) is 3.87. The SMILES string of the molecule is CCOc1ccc(N2C(=O)C(c3ccc(F)cc3)=C(N3CCCC3)C2=O)cc1OCC. The molecule has 0 spiro atoms. The maximum Gasteiger partial charge on any atom is 0.282 e. The molecule has 0 N–H and O–H groups in total. The van der Waals surface area contributed by atoms with Crippen molar-refractivity contribution in [2.45, 2.75) is 26.7 Å². The van der Waals surface area contributed by atoms with Gasteiger partial charge >= 0.3 is 0 Å². The summed E-state index contributed by atoms with van der Waals surface area (Å²) in [5, 5.41) is 0. The van der Waals surface area contributed by atoms with Gasteiger partial charge in [0.25, 0.3) is 11.8 Å². The molecule has 2 aromatic carbocycles. The summed E-state index contributed by atoms with van der Waals surface area (Å²) in [5.41, 5.74) is 1.62. The van der Waals surface area contributed by atoms with E-state index in [1.807, 2.05) is 18.7 Å². The molecule has 2 amide bonds. The fourth-order valence-corrected chi connectivity index (χ4v) is 4.04. The highest BCUT2D eigenvalue weighted by molar-refractivity contribution is 6.45. The third-order valence-corrected chi connectivity index (χ3v) is 5.40. The molecule has 1 saturated heterocycles. The number of likely N-dealkylation sites (tertiary alicyclic amines) is 1. The standard InChI is InChI=1S/C24H25FN2O4/c1-3-30-19-12-11-18(15-20(19)31-4-2)27-23(28)21(16-7-9-17(25)10-8-16)22(24(27)29)26-13-5-6-14-26/h7-12,15H,3-6,13-14H2,1-2H3. The molecule has 0 aliphatic carbocycles. The quantitative estimate of drug-likeness (QED) is 0.629. The van der Waals surface area contributed by atoms with Gasteiger partial charge in [-0.25, -0.2) is 9.29 Å². The second-order valence-electron chi connectivity index (χ2n) is 7.37. The summed E-state index contributed by atoms with van der Waals surface area (Å²) in [6, 6.07) is 10.7. The number of carbonyl (C=O) groups excluding carboxylic acids is 2. The average Bonchev–Trinajstić information content (AvgIpc) is 3.37. The van der Waals surface area contributed by atoms with Gasteiger partial charge in [0.05, 0.1) is 24.5 Å². The fraction of sp³-hybridized carbons (Fsp3) is 0.333. The van der Waals surface area contributed by atoms with Crippen molar-refractivity contribution < 1.29 is 23.5 Å². The molecule has 2 aromatic rings. The summed E-state index contributed by atoms with van der Waals surface area (Å²) in [6.07, 6.45) is 1.92. The minimum absolute atomic E-state index is 0.304. The highest BCUT2D eigenvalue weighted by atomic mass is 19.1. The second kappa shape index (κ2) is 8.79. The Kier molecular flexibility index (Phi) is 5.93. The minimum atomic E-state index is -0.426. The van der Waals surface area contributed by atoms with Crippen molar-refractivity contribution in [3.8, 4) is 11.5 Å². The molecular formula is C24H25FN2O4. The van der Waals surface area contributed by atoms with Crippen LogP contribution in [-0.2, 0) is 9.59 Å². The van der Waals surface area contributed by atoms with Gasteiger partial charge in [-0.05, 0) is 56.5 Å². The summed E-state index contributed by atoms with van der Waals surface area (Å²) in [6.45, 7) is 6.03. The third-order valence-electron chi connectivity index (χ3n) is 5.40. The number of benzene rings is 2. The Bertz CT molecular complexity index is 1030. The Labute approximate surface area is 180 Å². The van der Waals surface area contributed by atoms with Gasteiger partial charge < -0.3 is 14.4 Å². The highest BCUT2D eigenvalue weighted by Gasteiger charge is 2.43. The zero-order valence-corrected chi connectivity index (χ0v) is 17.7. The van der Waals surface area contributed by atoms with E-state index in [2.05, 4.69) is 0 Å². The highest BCUT2D eigenvalue weighted by Crippen LogP contribution is 2.39. The lowest BCUT2D eigenvalue weighted by Crippen LogP contribution is -2.34. The predicted octanol–water partition coefficient (Wildman–Crippen LogP) is 4.00. The van der Waals surface area contributed by atoms with Gasteiger partial charge in [-0.3, -0.25) is 9.59 Å². The van der Waals surface area contributed by atoms with Gasteiger partial charge in [-0.1, -0.05) is 12.1 Å². The summed E-state index contributed by atoms with van der Waals surface area (Å²) in [4.78, 5) is 30.1. The predicted molar refractivity (Wildman–Crippen MR) is 115 cm³/mol. The van der Waals surface area contributed by atoms with E-state index in [9.17, 15) is 14.0 Å². The van der Waals surface area contributed by atoms with Crippen LogP contribution in [0.2, 0.25) is 0 Å². The van der Waals surface area contributed by atoms with Crippen LogP contribution < -0.4 is 14.4 Å². The van der Waals surface area contributed by atoms with Crippen LogP contribution in [0.4, 0.5) is 10.1 Å². The molecule has 31 heavy (non-hydrogen) atoms. The number of anilines is 1. The second-order valence-corrected chi connectivity index (χ2v) is 7.37. The molecule has 0 unspecified atom stereocenters. The largest absolute Gasteiger partial charge is 0.490 e. The molecule has 2 heterocycles. The van der Waals surface area contributed by atoms with Crippen molar-refractivity contribution >= 4 is 23.1 Å². The van der Waals surface area contributed by atoms with E-state index in [0.717, 1.165) is 12.8 Å². The number of rotatable bonds is 7. The Hall–Kier alpha value is -3.35. The number of ether oxygens (including phenoxy) is 2. The summed E-state index contributed by atoms with van der Waals surface area (Å²) in [7, 11) is 0. The van der Waals surface area contributed by atoms with Crippen molar-refractivity contribution in [3.63, 3.8) is 0 Å². The van der Waals surface area contributed by atoms with Crippen LogP contribution in [0.3, 0.4) is 0 Å². The number of hydrogen-bond donors (Lipinski definition) is 0. The fourth-order valence-electron chi connectivity index (χ4n) is 4.04. The molecule has 0 atom stereocenters. The number of nitrogens with zero attached hydrogens (tertiary/aromatic N) is 2. The molecule has 1 fully saturated rings. The summed E-state index contributed by atoms with van der Waals surface area (Å²) < 4.78 is 24.8. The Morgan fingerprint density at radius 2 is 1.52 bits per heavy atom. The molecule has 4 rings (SSSR count). The first kappa shape index (κ1) is 20.9. The Morgan fingerprint density at radius 3 is 2.16 bits per heavy atom. The van der Waals surface area contributed by atoms with Crippen molar-refractivity contribution in [2.75, 3.05) is 31.2 Å². The van der Waals surface area contributed by atoms with Crippen LogP contribution in [0.15, 0.2) is 48.2 Å². The van der Waals surface area contributed by atoms with E-state index >= 15 is 0 Å². The first-order valence-corrected chi connectivity index (χ1v) is 10.6. The van der Waals surface area contributed by atoms with Crippen LogP contribution in [0.5, 0.6) is 11.5 Å². The van der Waals surface area contributed by atoms with Gasteiger partial charge in [0.1, 0.15) is 11.5 Å². The summed E-state index contributed by atoms with van der Waals surface area (Å²) in [5.74, 6) is -0.171. The van der Waals surface area contributed by atoms with Crippen LogP contribution in [-0.4, -0.2) is 43.0 Å². The first-order valence-electron chi connectivity index (χ1n) is 10.6. The topological polar surface area (TPSA) is 59.1 Å². The zero-order chi connectivity index (χ0) is 22.0. The van der Waals surface area contributed by atoms with E-state index in [1.165, 1.54) is 17.0 Å². The maximum atomic E-state index is 13.5. The van der Waals surface area contributed by atoms with Crippen molar-refractivity contribution in [1.29, 1.82) is 0 Å². The van der Waals surface area contributed by atoms with E-state index in [1.54, 1.807) is 30.3 Å². The van der Waals surface area contributed by atoms with E-state index < -0.39 is 11.7 Å². The van der Waals surface area contributed by atoms with Gasteiger partial charge in [-0.15, -0.1) is 0 Å². The molecule has 6 nitrogen and oxygen atoms in total. The van der Waals surface area contributed by atoms with Gasteiger partial charge in [0, 0.05) is 19.2 Å². The summed E-state index contributed by atoms with van der Waals surface area (Å²) >= 11 is 0. The van der Waals surface area contributed by atoms with Crippen LogP contribution in [0.1, 0.15) is 32.3 Å². The molecule has 2 aliphatic heterocycles. The molecule has 2 aliphatic rings. The number of carbonyl (C=O) groups is 2. The molecule has 0 saturated carbocycles. The molecule has 7 heteroatoms. The zero-order valence-electron chi connectivity index (χ0n) is 17.7. The lowest BCUT2D eigenvalue weighted by molar-refractivity contribution is -0.120. The molecule has 162 valence electrons. The van der Waals surface area contributed by atoms with Gasteiger partial charge in [0.15, 0.2) is 11.5 Å². The first-order chi connectivity index (χ1) is 15.0. The molecule has 0 aromatic heterocycles. The van der Waals surface area contributed by atoms with E-state index in [4.69, 9.17) is 9.47 Å².